The summed E-state index contributed by atoms with van der Waals surface area (Å²) in [5.41, 5.74) is 8.32. The fourth-order valence-electron chi connectivity index (χ4n) is 3.80. The van der Waals surface area contributed by atoms with Crippen LogP contribution in [0.15, 0.2) is 63.7 Å². The van der Waals surface area contributed by atoms with Crippen LogP contribution in [0.1, 0.15) is 36.3 Å². The third kappa shape index (κ3) is 4.31. The summed E-state index contributed by atoms with van der Waals surface area (Å²) in [4.78, 5) is 12.7. The highest BCUT2D eigenvalue weighted by Crippen LogP contribution is 2.44. The van der Waals surface area contributed by atoms with Crippen molar-refractivity contribution in [1.82, 2.24) is 0 Å². The first-order chi connectivity index (χ1) is 14.9. The van der Waals surface area contributed by atoms with E-state index in [1.165, 1.54) is 0 Å². The van der Waals surface area contributed by atoms with Crippen molar-refractivity contribution in [3.05, 3.63) is 84.8 Å². The first-order valence-electron chi connectivity index (χ1n) is 9.59. The van der Waals surface area contributed by atoms with Crippen LogP contribution in [0.2, 0.25) is 10.0 Å². The molecular weight excluding hydrogens is 503 g/mol. The molecule has 1 aliphatic heterocycles. The largest absolute Gasteiger partial charge is 0.488 e. The Morgan fingerprint density at radius 1 is 1.23 bits per heavy atom. The summed E-state index contributed by atoms with van der Waals surface area (Å²) < 4.78 is 12.2. The Morgan fingerprint density at radius 3 is 2.74 bits per heavy atom. The number of carbonyl (C=O) groups is 1. The lowest BCUT2D eigenvalue weighted by Gasteiger charge is -2.31. The van der Waals surface area contributed by atoms with Crippen molar-refractivity contribution in [1.29, 1.82) is 5.26 Å². The predicted octanol–water partition coefficient (Wildman–Crippen LogP) is 6.15. The van der Waals surface area contributed by atoms with Crippen molar-refractivity contribution < 1.29 is 14.3 Å². The van der Waals surface area contributed by atoms with Crippen molar-refractivity contribution in [3.63, 3.8) is 0 Å². The first-order valence-corrected chi connectivity index (χ1v) is 11.1. The van der Waals surface area contributed by atoms with Gasteiger partial charge in [-0.3, -0.25) is 4.79 Å². The first kappa shape index (κ1) is 21.8. The van der Waals surface area contributed by atoms with Gasteiger partial charge in [0.1, 0.15) is 29.8 Å². The minimum Gasteiger partial charge on any atom is -0.488 e. The van der Waals surface area contributed by atoms with Gasteiger partial charge in [0.15, 0.2) is 5.78 Å². The van der Waals surface area contributed by atoms with E-state index in [2.05, 4.69) is 22.0 Å². The smallest absolute Gasteiger partial charge is 0.205 e. The molecule has 1 atom stereocenters. The van der Waals surface area contributed by atoms with Crippen molar-refractivity contribution in [3.8, 4) is 11.8 Å². The van der Waals surface area contributed by atoms with Crippen LogP contribution in [0.25, 0.3) is 0 Å². The Morgan fingerprint density at radius 2 is 2.03 bits per heavy atom. The summed E-state index contributed by atoms with van der Waals surface area (Å²) in [5.74, 6) is 0.640. The van der Waals surface area contributed by atoms with Crippen LogP contribution in [0.3, 0.4) is 0 Å². The number of benzene rings is 2. The predicted molar refractivity (Wildman–Crippen MR) is 121 cm³/mol. The molecule has 0 aromatic heterocycles. The van der Waals surface area contributed by atoms with Gasteiger partial charge < -0.3 is 15.2 Å². The van der Waals surface area contributed by atoms with E-state index in [-0.39, 0.29) is 23.8 Å². The van der Waals surface area contributed by atoms with Crippen LogP contribution in [-0.4, -0.2) is 5.78 Å². The number of nitrogens with zero attached hydrogens (tertiary/aromatic N) is 1. The fourth-order valence-corrected chi connectivity index (χ4v) is 4.77. The molecule has 0 bridgehead atoms. The molecule has 2 aromatic rings. The molecule has 0 fully saturated rings. The number of halogens is 3. The highest BCUT2D eigenvalue weighted by atomic mass is 79.9. The molecule has 2 N–H and O–H groups in total. The molecular formula is C23H17BrCl2N2O3. The Labute approximate surface area is 198 Å². The highest BCUT2D eigenvalue weighted by molar-refractivity contribution is 9.10. The standard InChI is InChI=1S/C23H17BrCl2N2O3/c24-16-8-12(5-7-19(16)30-11-13-4-6-14(25)9-17(13)26)21-15(10-27)23(28)31-20-3-1-2-18(29)22(20)21/h4-9,21H,1-3,11,28H2/t21-/m1/s1. The van der Waals surface area contributed by atoms with Crippen LogP contribution < -0.4 is 10.5 Å². The Hall–Kier alpha value is -2.46. The number of nitriles is 1. The van der Waals surface area contributed by atoms with Crippen molar-refractivity contribution >= 4 is 44.9 Å². The van der Waals surface area contributed by atoms with Crippen LogP contribution in [-0.2, 0) is 16.1 Å². The molecule has 4 rings (SSSR count). The van der Waals surface area contributed by atoms with Gasteiger partial charge in [-0.25, -0.2) is 0 Å². The Balaban J connectivity index is 1.64. The lowest BCUT2D eigenvalue weighted by molar-refractivity contribution is -0.116. The van der Waals surface area contributed by atoms with Gasteiger partial charge in [-0.2, -0.15) is 5.26 Å². The van der Waals surface area contributed by atoms with E-state index in [0.29, 0.717) is 50.9 Å². The maximum atomic E-state index is 12.7. The number of rotatable bonds is 4. The number of allylic oxidation sites excluding steroid dienone is 3. The van der Waals surface area contributed by atoms with E-state index in [9.17, 15) is 10.1 Å². The zero-order valence-electron chi connectivity index (χ0n) is 16.3. The summed E-state index contributed by atoms with van der Waals surface area (Å²) in [6.07, 6.45) is 1.77. The Kier molecular flexibility index (Phi) is 6.29. The van der Waals surface area contributed by atoms with Gasteiger partial charge in [-0.15, -0.1) is 0 Å². The zero-order valence-corrected chi connectivity index (χ0v) is 19.4. The molecule has 0 amide bonds. The number of nitrogens with two attached hydrogens (primary N) is 1. The van der Waals surface area contributed by atoms with Gasteiger partial charge in [0.2, 0.25) is 5.88 Å². The second kappa shape index (κ2) is 8.96. The SMILES string of the molecule is N#CC1=C(N)OC2=C(C(=O)CCC2)[C@@H]1c1ccc(OCc2ccc(Cl)cc2Cl)c(Br)c1. The topological polar surface area (TPSA) is 85.3 Å². The number of hydrogen-bond donors (Lipinski definition) is 1. The van der Waals surface area contributed by atoms with E-state index < -0.39 is 5.92 Å². The number of hydrogen-bond acceptors (Lipinski definition) is 5. The van der Waals surface area contributed by atoms with Gasteiger partial charge in [0.05, 0.1) is 10.4 Å². The van der Waals surface area contributed by atoms with Gasteiger partial charge in [-0.1, -0.05) is 35.3 Å². The van der Waals surface area contributed by atoms with Crippen molar-refractivity contribution in [2.45, 2.75) is 31.8 Å². The monoisotopic (exact) mass is 518 g/mol. The molecule has 5 nitrogen and oxygen atoms in total. The lowest BCUT2D eigenvalue weighted by Crippen LogP contribution is -2.27. The molecule has 1 heterocycles. The molecule has 0 saturated heterocycles. The van der Waals surface area contributed by atoms with Gasteiger partial charge in [0, 0.05) is 34.0 Å². The minimum atomic E-state index is -0.558. The number of ether oxygens (including phenoxy) is 2. The lowest BCUT2D eigenvalue weighted by atomic mass is 9.77. The molecule has 2 aromatic carbocycles. The highest BCUT2D eigenvalue weighted by Gasteiger charge is 2.38. The number of ketones is 1. The molecule has 1 aliphatic carbocycles. The van der Waals surface area contributed by atoms with Gasteiger partial charge in [-0.05, 0) is 52.2 Å². The minimum absolute atomic E-state index is 0.0136. The summed E-state index contributed by atoms with van der Waals surface area (Å²) in [7, 11) is 0. The molecule has 8 heteroatoms. The molecule has 158 valence electrons. The normalized spacial score (nSPS) is 18.4. The maximum absolute atomic E-state index is 12.7. The quantitative estimate of drug-likeness (QED) is 0.523. The molecule has 31 heavy (non-hydrogen) atoms. The average molecular weight is 520 g/mol. The second-order valence-electron chi connectivity index (χ2n) is 7.25. The van der Waals surface area contributed by atoms with Crippen LogP contribution >= 0.6 is 39.1 Å². The Bertz CT molecular complexity index is 1180. The van der Waals surface area contributed by atoms with E-state index in [0.717, 1.165) is 11.1 Å². The van der Waals surface area contributed by atoms with E-state index in [1.54, 1.807) is 18.2 Å². The van der Waals surface area contributed by atoms with E-state index in [4.69, 9.17) is 38.4 Å². The average Bonchev–Trinajstić information content (AvgIpc) is 2.73. The molecule has 0 radical (unpaired) electrons. The van der Waals surface area contributed by atoms with E-state index >= 15 is 0 Å². The zero-order chi connectivity index (χ0) is 22.1. The van der Waals surface area contributed by atoms with Crippen LogP contribution in [0.4, 0.5) is 0 Å². The summed E-state index contributed by atoms with van der Waals surface area (Å²) >= 11 is 15.7. The molecule has 0 saturated carbocycles. The van der Waals surface area contributed by atoms with Gasteiger partial charge >= 0.3 is 0 Å². The molecule has 0 spiro atoms. The van der Waals surface area contributed by atoms with Crippen LogP contribution in [0, 0.1) is 11.3 Å². The third-order valence-corrected chi connectivity index (χ3v) is 6.50. The maximum Gasteiger partial charge on any atom is 0.205 e. The van der Waals surface area contributed by atoms with Crippen LogP contribution in [0.5, 0.6) is 5.75 Å². The summed E-state index contributed by atoms with van der Waals surface area (Å²) in [6.45, 7) is 0.259. The molecule has 0 unspecified atom stereocenters. The van der Waals surface area contributed by atoms with E-state index in [1.807, 2.05) is 18.2 Å². The summed E-state index contributed by atoms with van der Waals surface area (Å²) in [6, 6.07) is 12.8. The van der Waals surface area contributed by atoms with Crippen molar-refractivity contribution in [2.75, 3.05) is 0 Å². The molecule has 2 aliphatic rings. The number of carbonyl (C=O) groups excluding carboxylic acids is 1. The number of Topliss-reactive ketones (excluding diaryl/α,β-unsaturated/α-hetero) is 1. The third-order valence-electron chi connectivity index (χ3n) is 5.29. The fraction of sp³-hybridized carbons (Fsp3) is 0.217. The summed E-state index contributed by atoms with van der Waals surface area (Å²) in [5, 5.41) is 10.8. The second-order valence-corrected chi connectivity index (χ2v) is 8.95. The van der Waals surface area contributed by atoms with Crippen molar-refractivity contribution in [2.24, 2.45) is 5.73 Å². The van der Waals surface area contributed by atoms with Gasteiger partial charge in [0.25, 0.3) is 0 Å².